The summed E-state index contributed by atoms with van der Waals surface area (Å²) < 4.78 is 10.8. The van der Waals surface area contributed by atoms with Gasteiger partial charge < -0.3 is 14.8 Å². The molecule has 1 aliphatic carbocycles. The lowest BCUT2D eigenvalue weighted by atomic mass is 10.1. The molecule has 1 aromatic rings. The fraction of sp³-hybridized carbons (Fsp3) is 0.647. The van der Waals surface area contributed by atoms with E-state index in [4.69, 9.17) is 9.47 Å². The van der Waals surface area contributed by atoms with E-state index in [0.29, 0.717) is 6.04 Å². The molecule has 2 fully saturated rings. The summed E-state index contributed by atoms with van der Waals surface area (Å²) in [5, 5.41) is 3.76. The third kappa shape index (κ3) is 3.33. The van der Waals surface area contributed by atoms with Crippen molar-refractivity contribution in [3.05, 3.63) is 23.8 Å². The van der Waals surface area contributed by atoms with E-state index in [1.165, 1.54) is 37.9 Å². The summed E-state index contributed by atoms with van der Waals surface area (Å²) in [6.45, 7) is 4.65. The highest BCUT2D eigenvalue weighted by molar-refractivity contribution is 5.42. The molecule has 0 bridgehead atoms. The minimum atomic E-state index is 0.287. The van der Waals surface area contributed by atoms with Gasteiger partial charge in [-0.3, -0.25) is 4.90 Å². The van der Waals surface area contributed by atoms with Gasteiger partial charge in [-0.05, 0) is 32.3 Å². The van der Waals surface area contributed by atoms with Crippen LogP contribution >= 0.6 is 0 Å². The highest BCUT2D eigenvalue weighted by Gasteiger charge is 2.34. The van der Waals surface area contributed by atoms with Crippen molar-refractivity contribution in [1.29, 1.82) is 0 Å². The van der Waals surface area contributed by atoms with Gasteiger partial charge in [0.15, 0.2) is 0 Å². The summed E-state index contributed by atoms with van der Waals surface area (Å²) in [7, 11) is 3.40. The number of likely N-dealkylation sites (tertiary alicyclic amines) is 1. The summed E-state index contributed by atoms with van der Waals surface area (Å²) in [6, 6.07) is 7.81. The molecule has 1 aromatic carbocycles. The Labute approximate surface area is 127 Å². The summed E-state index contributed by atoms with van der Waals surface area (Å²) in [5.74, 6) is 1.73. The van der Waals surface area contributed by atoms with E-state index in [0.717, 1.165) is 17.5 Å². The zero-order valence-electron chi connectivity index (χ0n) is 13.3. The summed E-state index contributed by atoms with van der Waals surface area (Å²) in [4.78, 5) is 2.63. The van der Waals surface area contributed by atoms with Crippen LogP contribution in [0.4, 0.5) is 0 Å². The number of nitrogens with zero attached hydrogens (tertiary/aromatic N) is 1. The number of hydrogen-bond acceptors (Lipinski definition) is 4. The van der Waals surface area contributed by atoms with Crippen LogP contribution in [-0.4, -0.2) is 44.3 Å². The average molecular weight is 290 g/mol. The Morgan fingerprint density at radius 2 is 2.00 bits per heavy atom. The van der Waals surface area contributed by atoms with E-state index in [-0.39, 0.29) is 6.04 Å². The lowest BCUT2D eigenvalue weighted by Gasteiger charge is -2.22. The molecule has 1 heterocycles. The van der Waals surface area contributed by atoms with Crippen molar-refractivity contribution in [2.24, 2.45) is 0 Å². The molecule has 2 atom stereocenters. The second kappa shape index (κ2) is 6.24. The van der Waals surface area contributed by atoms with E-state index in [1.54, 1.807) is 14.2 Å². The largest absolute Gasteiger partial charge is 0.497 e. The van der Waals surface area contributed by atoms with Crippen molar-refractivity contribution in [3.63, 3.8) is 0 Å². The molecule has 0 radical (unpaired) electrons. The van der Waals surface area contributed by atoms with Crippen LogP contribution in [0.1, 0.15) is 37.8 Å². The van der Waals surface area contributed by atoms with Gasteiger partial charge in [0.25, 0.3) is 0 Å². The number of methoxy groups -OCH3 is 2. The van der Waals surface area contributed by atoms with E-state index in [9.17, 15) is 0 Å². The normalized spacial score (nSPS) is 24.0. The van der Waals surface area contributed by atoms with Crippen molar-refractivity contribution in [1.82, 2.24) is 10.2 Å². The van der Waals surface area contributed by atoms with Gasteiger partial charge in [0.1, 0.15) is 11.5 Å². The standard InChI is InChI=1S/C17H26N2O2/c1-12(16-7-6-15(20-2)10-17(16)21-3)18-13-8-9-19(11-13)14-4-5-14/h6-7,10,12-14,18H,4-5,8-9,11H2,1-3H3. The van der Waals surface area contributed by atoms with Gasteiger partial charge >= 0.3 is 0 Å². The Bertz CT molecular complexity index is 488. The van der Waals surface area contributed by atoms with Crippen LogP contribution in [0.15, 0.2) is 18.2 Å². The highest BCUT2D eigenvalue weighted by Crippen LogP contribution is 2.32. The van der Waals surface area contributed by atoms with Crippen LogP contribution in [0.3, 0.4) is 0 Å². The molecule has 1 aliphatic heterocycles. The van der Waals surface area contributed by atoms with Crippen molar-refractivity contribution < 1.29 is 9.47 Å². The molecule has 2 unspecified atom stereocenters. The SMILES string of the molecule is COc1ccc(C(C)NC2CCN(C3CC3)C2)c(OC)c1. The Balaban J connectivity index is 1.63. The molecule has 0 amide bonds. The molecule has 3 rings (SSSR count). The summed E-state index contributed by atoms with van der Waals surface area (Å²) in [6.07, 6.45) is 4.04. The molecule has 2 aliphatic rings. The lowest BCUT2D eigenvalue weighted by Crippen LogP contribution is -2.35. The van der Waals surface area contributed by atoms with Crippen molar-refractivity contribution in [3.8, 4) is 11.5 Å². The van der Waals surface area contributed by atoms with Crippen molar-refractivity contribution in [2.45, 2.75) is 44.3 Å². The first kappa shape index (κ1) is 14.7. The summed E-state index contributed by atoms with van der Waals surface area (Å²) in [5.41, 5.74) is 1.20. The minimum Gasteiger partial charge on any atom is -0.497 e. The molecular formula is C17H26N2O2. The van der Waals surface area contributed by atoms with Gasteiger partial charge in [-0.15, -0.1) is 0 Å². The van der Waals surface area contributed by atoms with Crippen molar-refractivity contribution in [2.75, 3.05) is 27.3 Å². The number of hydrogen-bond donors (Lipinski definition) is 1. The Kier molecular flexibility index (Phi) is 4.36. The zero-order valence-corrected chi connectivity index (χ0v) is 13.3. The van der Waals surface area contributed by atoms with E-state index in [1.807, 2.05) is 12.1 Å². The van der Waals surface area contributed by atoms with Crippen LogP contribution in [0.5, 0.6) is 11.5 Å². The Hall–Kier alpha value is -1.26. The molecule has 1 saturated heterocycles. The van der Waals surface area contributed by atoms with Gasteiger partial charge in [0.05, 0.1) is 14.2 Å². The van der Waals surface area contributed by atoms with E-state index < -0.39 is 0 Å². The molecule has 0 aromatic heterocycles. The van der Waals surface area contributed by atoms with Gasteiger partial charge in [0, 0.05) is 42.8 Å². The molecule has 4 heteroatoms. The Morgan fingerprint density at radius 3 is 2.67 bits per heavy atom. The van der Waals surface area contributed by atoms with E-state index >= 15 is 0 Å². The average Bonchev–Trinajstić information content (AvgIpc) is 3.26. The number of rotatable bonds is 6. The first-order chi connectivity index (χ1) is 10.2. The number of nitrogens with one attached hydrogen (secondary N) is 1. The highest BCUT2D eigenvalue weighted by atomic mass is 16.5. The van der Waals surface area contributed by atoms with Crippen LogP contribution in [0.25, 0.3) is 0 Å². The predicted octanol–water partition coefficient (Wildman–Crippen LogP) is 2.59. The first-order valence-electron chi connectivity index (χ1n) is 7.93. The fourth-order valence-electron chi connectivity index (χ4n) is 3.31. The molecule has 0 spiro atoms. The third-order valence-corrected chi connectivity index (χ3v) is 4.68. The van der Waals surface area contributed by atoms with Gasteiger partial charge in [-0.25, -0.2) is 0 Å². The van der Waals surface area contributed by atoms with Gasteiger partial charge in [-0.2, -0.15) is 0 Å². The fourth-order valence-corrected chi connectivity index (χ4v) is 3.31. The molecular weight excluding hydrogens is 264 g/mol. The maximum Gasteiger partial charge on any atom is 0.127 e. The van der Waals surface area contributed by atoms with Gasteiger partial charge in [-0.1, -0.05) is 6.07 Å². The van der Waals surface area contributed by atoms with E-state index in [2.05, 4.69) is 23.2 Å². The summed E-state index contributed by atoms with van der Waals surface area (Å²) >= 11 is 0. The van der Waals surface area contributed by atoms with Crippen LogP contribution in [-0.2, 0) is 0 Å². The lowest BCUT2D eigenvalue weighted by molar-refractivity contribution is 0.312. The molecule has 21 heavy (non-hydrogen) atoms. The maximum absolute atomic E-state index is 5.51. The topological polar surface area (TPSA) is 33.7 Å². The Morgan fingerprint density at radius 1 is 1.19 bits per heavy atom. The van der Waals surface area contributed by atoms with Gasteiger partial charge in [0.2, 0.25) is 0 Å². The number of ether oxygens (including phenoxy) is 2. The van der Waals surface area contributed by atoms with Crippen LogP contribution in [0.2, 0.25) is 0 Å². The smallest absolute Gasteiger partial charge is 0.127 e. The maximum atomic E-state index is 5.51. The number of benzene rings is 1. The monoisotopic (exact) mass is 290 g/mol. The second-order valence-electron chi connectivity index (χ2n) is 6.21. The van der Waals surface area contributed by atoms with Crippen LogP contribution < -0.4 is 14.8 Å². The minimum absolute atomic E-state index is 0.287. The van der Waals surface area contributed by atoms with Crippen molar-refractivity contribution >= 4 is 0 Å². The van der Waals surface area contributed by atoms with Crippen LogP contribution in [0, 0.1) is 0 Å². The molecule has 1 saturated carbocycles. The third-order valence-electron chi connectivity index (χ3n) is 4.68. The second-order valence-corrected chi connectivity index (χ2v) is 6.21. The predicted molar refractivity (Wildman–Crippen MR) is 84.1 cm³/mol. The first-order valence-corrected chi connectivity index (χ1v) is 7.93. The molecule has 4 nitrogen and oxygen atoms in total. The molecule has 116 valence electrons. The molecule has 1 N–H and O–H groups in total. The zero-order chi connectivity index (χ0) is 14.8. The quantitative estimate of drug-likeness (QED) is 0.873.